The molecular weight excluding hydrogens is 506 g/mol. The van der Waals surface area contributed by atoms with E-state index in [1.54, 1.807) is 12.1 Å². The summed E-state index contributed by atoms with van der Waals surface area (Å²) in [7, 11) is 1.52. The number of carboxylic acid groups (broad SMARTS) is 1. The predicted molar refractivity (Wildman–Crippen MR) is 137 cm³/mol. The maximum Gasteiger partial charge on any atom is 0.335 e. The Morgan fingerprint density at radius 1 is 0.722 bits per heavy atom. The minimum Gasteiger partial charge on any atom is -0.496 e. The van der Waals surface area contributed by atoms with Crippen LogP contribution in [0.25, 0.3) is 5.57 Å². The first-order valence-electron chi connectivity index (χ1n) is 10.9. The Hall–Kier alpha value is -4.29. The molecule has 0 unspecified atom stereocenters. The van der Waals surface area contributed by atoms with Crippen LogP contribution in [-0.4, -0.2) is 41.0 Å². The molecule has 0 radical (unpaired) electrons. The minimum atomic E-state index is -1.01. The van der Waals surface area contributed by atoms with Crippen molar-refractivity contribution >= 4 is 34.4 Å². The van der Waals surface area contributed by atoms with Gasteiger partial charge in [0.15, 0.2) is 0 Å². The summed E-state index contributed by atoms with van der Waals surface area (Å²) in [5.74, 6) is -0.560. The number of aliphatic imine (C=N–C) groups is 4. The molecular formula is C28H18N4O3Zn. The third kappa shape index (κ3) is 4.51. The molecule has 8 heteroatoms. The second-order valence-electron chi connectivity index (χ2n) is 8.16. The van der Waals surface area contributed by atoms with Gasteiger partial charge < -0.3 is 9.84 Å². The molecule has 1 aromatic rings. The summed E-state index contributed by atoms with van der Waals surface area (Å²) in [5.41, 5.74) is 7.91. The smallest absolute Gasteiger partial charge is 0.335 e. The molecule has 8 bridgehead atoms. The van der Waals surface area contributed by atoms with E-state index in [2.05, 4.69) is 9.98 Å². The van der Waals surface area contributed by atoms with Gasteiger partial charge in [0, 0.05) is 30.6 Å². The molecule has 0 saturated carbocycles. The van der Waals surface area contributed by atoms with Gasteiger partial charge >= 0.3 is 5.97 Å². The molecule has 1 N–H and O–H groups in total. The number of carbonyl (C=O) groups is 1. The van der Waals surface area contributed by atoms with Gasteiger partial charge in [0.05, 0.1) is 58.3 Å². The van der Waals surface area contributed by atoms with Gasteiger partial charge in [-0.25, -0.2) is 24.8 Å². The number of nitrogens with zero attached hydrogens (tertiary/aromatic N) is 4. The van der Waals surface area contributed by atoms with Crippen LogP contribution in [-0.2, 0) is 19.5 Å². The number of hydrogen-bond acceptors (Lipinski definition) is 6. The first-order valence-corrected chi connectivity index (χ1v) is 10.9. The van der Waals surface area contributed by atoms with Crippen molar-refractivity contribution in [1.82, 2.24) is 0 Å². The van der Waals surface area contributed by atoms with Gasteiger partial charge in [-0.1, -0.05) is 0 Å². The van der Waals surface area contributed by atoms with Crippen LogP contribution in [0.15, 0.2) is 128 Å². The van der Waals surface area contributed by atoms with E-state index in [9.17, 15) is 9.90 Å². The van der Waals surface area contributed by atoms with E-state index >= 15 is 0 Å². The monoisotopic (exact) mass is 522 g/mol. The number of hydrogen-bond donors (Lipinski definition) is 1. The molecule has 0 amide bonds. The van der Waals surface area contributed by atoms with Crippen LogP contribution < -0.4 is 4.74 Å². The molecule has 0 saturated heterocycles. The average molecular weight is 524 g/mol. The zero-order valence-corrected chi connectivity index (χ0v) is 22.3. The summed E-state index contributed by atoms with van der Waals surface area (Å²) in [6, 6.07) is 4.82. The largest absolute Gasteiger partial charge is 0.496 e. The van der Waals surface area contributed by atoms with E-state index in [1.165, 1.54) is 13.2 Å². The minimum absolute atomic E-state index is 0. The molecule has 0 spiro atoms. The van der Waals surface area contributed by atoms with Crippen molar-refractivity contribution in [2.45, 2.75) is 0 Å². The fourth-order valence-corrected chi connectivity index (χ4v) is 4.16. The number of aromatic carboxylic acids is 1. The Morgan fingerprint density at radius 2 is 1.28 bits per heavy atom. The number of carboxylic acids is 1. The summed E-state index contributed by atoms with van der Waals surface area (Å²) < 4.78 is 5.54. The van der Waals surface area contributed by atoms with E-state index in [-0.39, 0.29) is 25.0 Å². The molecule has 0 fully saturated rings. The summed E-state index contributed by atoms with van der Waals surface area (Å²) in [6.07, 6.45) is 21.3. The number of allylic oxidation sites excluding steroid dienone is 12. The van der Waals surface area contributed by atoms with E-state index in [1.807, 2.05) is 66.8 Å². The number of fused-ring (bicyclic) bond motifs is 4. The molecule has 5 aliphatic heterocycles. The van der Waals surface area contributed by atoms with Crippen molar-refractivity contribution in [2.75, 3.05) is 7.11 Å². The molecule has 0 aromatic heterocycles. The van der Waals surface area contributed by atoms with Gasteiger partial charge in [-0.15, -0.1) is 0 Å². The average Bonchev–Trinajstić information content (AvgIpc) is 3.64. The number of benzene rings is 1. The SMILES string of the molecule is COc1cc(C(=O)O)ccc1C1=CC2=CC3=NC(=CC4=NC(=CC5=NC(=CC1=N2)C=C5)C=C4)C=C3.[Zn]. The number of rotatable bonds is 3. The van der Waals surface area contributed by atoms with Crippen molar-refractivity contribution in [3.63, 3.8) is 0 Å². The van der Waals surface area contributed by atoms with E-state index < -0.39 is 5.97 Å². The van der Waals surface area contributed by atoms with Crippen LogP contribution in [0.4, 0.5) is 0 Å². The van der Waals surface area contributed by atoms with Gasteiger partial charge in [0.25, 0.3) is 0 Å². The molecule has 6 rings (SSSR count). The Balaban J connectivity index is 0.00000267. The van der Waals surface area contributed by atoms with Crippen molar-refractivity contribution < 1.29 is 34.1 Å². The maximum absolute atomic E-state index is 11.5. The number of ether oxygens (including phenoxy) is 1. The third-order valence-corrected chi connectivity index (χ3v) is 5.78. The fourth-order valence-electron chi connectivity index (χ4n) is 4.16. The van der Waals surface area contributed by atoms with Crippen LogP contribution in [0.3, 0.4) is 0 Å². The van der Waals surface area contributed by atoms with Crippen LogP contribution in [0.5, 0.6) is 5.75 Å². The van der Waals surface area contributed by atoms with Crippen LogP contribution in [0.1, 0.15) is 15.9 Å². The summed E-state index contributed by atoms with van der Waals surface area (Å²) in [4.78, 5) is 30.3. The fraction of sp³-hybridized carbons (Fsp3) is 0.0357. The van der Waals surface area contributed by atoms with Crippen molar-refractivity contribution in [2.24, 2.45) is 20.0 Å². The molecule has 0 aliphatic carbocycles. The molecule has 7 nitrogen and oxygen atoms in total. The first kappa shape index (κ1) is 23.5. The molecule has 170 valence electrons. The van der Waals surface area contributed by atoms with Crippen LogP contribution in [0, 0.1) is 0 Å². The molecule has 36 heavy (non-hydrogen) atoms. The Bertz CT molecular complexity index is 1590. The first-order chi connectivity index (χ1) is 17.0. The van der Waals surface area contributed by atoms with Crippen molar-refractivity contribution in [3.8, 4) is 5.75 Å². The topological polar surface area (TPSA) is 96.0 Å². The summed E-state index contributed by atoms with van der Waals surface area (Å²) in [6.45, 7) is 0. The van der Waals surface area contributed by atoms with Crippen LogP contribution >= 0.6 is 0 Å². The van der Waals surface area contributed by atoms with E-state index in [4.69, 9.17) is 14.7 Å². The molecule has 5 heterocycles. The Labute approximate surface area is 219 Å². The van der Waals surface area contributed by atoms with Gasteiger partial charge in [-0.3, -0.25) is 0 Å². The van der Waals surface area contributed by atoms with Crippen molar-refractivity contribution in [1.29, 1.82) is 0 Å². The Morgan fingerprint density at radius 3 is 1.83 bits per heavy atom. The second-order valence-corrected chi connectivity index (χ2v) is 8.16. The molecule has 0 atom stereocenters. The van der Waals surface area contributed by atoms with Crippen LogP contribution in [0.2, 0.25) is 0 Å². The standard InChI is InChI=1S/C28H18N4O3.Zn/c1-35-27-10-16(28(33)34)2-9-24(27)25-14-23-13-21-6-5-19(30-21)11-17-3-4-18(29-17)12-20-7-8-22(31-20)15-26(25)32-23;/h2-15H,1H3,(H,33,34);. The Kier molecular flexibility index (Phi) is 6.12. The quantitative estimate of drug-likeness (QED) is 0.576. The van der Waals surface area contributed by atoms with E-state index in [0.717, 1.165) is 51.1 Å². The predicted octanol–water partition coefficient (Wildman–Crippen LogP) is 4.81. The molecule has 1 aromatic carbocycles. The third-order valence-electron chi connectivity index (χ3n) is 5.78. The van der Waals surface area contributed by atoms with Crippen molar-refractivity contribution in [3.05, 3.63) is 119 Å². The van der Waals surface area contributed by atoms with Gasteiger partial charge in [0.2, 0.25) is 0 Å². The summed E-state index contributed by atoms with van der Waals surface area (Å²) >= 11 is 0. The zero-order valence-electron chi connectivity index (χ0n) is 19.3. The summed E-state index contributed by atoms with van der Waals surface area (Å²) in [5, 5.41) is 9.38. The molecule has 5 aliphatic rings. The van der Waals surface area contributed by atoms with Gasteiger partial charge in [0.1, 0.15) is 5.75 Å². The van der Waals surface area contributed by atoms with Gasteiger partial charge in [-0.2, -0.15) is 0 Å². The van der Waals surface area contributed by atoms with E-state index in [0.29, 0.717) is 11.5 Å². The second kappa shape index (κ2) is 9.40. The number of methoxy groups -OCH3 is 1. The maximum atomic E-state index is 11.5. The normalized spacial score (nSPS) is 18.8. The van der Waals surface area contributed by atoms with Gasteiger partial charge in [-0.05, 0) is 85.0 Å². The zero-order chi connectivity index (χ0) is 23.9.